The Morgan fingerprint density at radius 3 is 2.50 bits per heavy atom. The summed E-state index contributed by atoms with van der Waals surface area (Å²) in [6.45, 7) is 3.24. The Balaban J connectivity index is 1.98. The summed E-state index contributed by atoms with van der Waals surface area (Å²) in [5.74, 6) is 4.98. The van der Waals surface area contributed by atoms with Gasteiger partial charge in [-0.3, -0.25) is 0 Å². The molecule has 0 bridgehead atoms. The normalized spacial score (nSPS) is 11.0. The number of hydrogen-bond donors (Lipinski definition) is 1. The van der Waals surface area contributed by atoms with E-state index in [1.54, 1.807) is 62.4 Å². The number of carbonyl (C=O) groups excluding carboxylic acids is 1. The lowest BCUT2D eigenvalue weighted by Gasteiger charge is -2.05. The van der Waals surface area contributed by atoms with Crippen molar-refractivity contribution in [2.75, 3.05) is 0 Å². The van der Waals surface area contributed by atoms with Crippen LogP contribution < -0.4 is 0 Å². The smallest absolute Gasteiger partial charge is 0.367 e. The summed E-state index contributed by atoms with van der Waals surface area (Å²) in [5, 5.41) is 13.5. The Morgan fingerprint density at radius 2 is 1.88 bits per heavy atom. The maximum Gasteiger partial charge on any atom is 0.367 e. The van der Waals surface area contributed by atoms with Gasteiger partial charge in [-0.25, -0.2) is 4.79 Å². The van der Waals surface area contributed by atoms with Crippen molar-refractivity contribution < 1.29 is 14.7 Å². The van der Waals surface area contributed by atoms with Gasteiger partial charge in [-0.05, 0) is 43.7 Å². The van der Waals surface area contributed by atoms with Crippen LogP contribution in [0.5, 0.6) is 0 Å². The lowest BCUT2D eigenvalue weighted by Crippen LogP contribution is -2.14. The van der Waals surface area contributed by atoms with E-state index >= 15 is 0 Å². The molecule has 0 atom stereocenters. The fourth-order valence-electron chi connectivity index (χ4n) is 1.69. The molecular weight excluding hydrogens is 326 g/mol. The number of nitrogens with zero attached hydrogens (tertiary/aromatic N) is 1. The first-order valence-electron chi connectivity index (χ1n) is 7.20. The second-order valence-electron chi connectivity index (χ2n) is 5.52. The Hall–Kier alpha value is -2.61. The minimum atomic E-state index is -1.03. The molecule has 0 saturated heterocycles. The SMILES string of the molecule is CC(C)(O)C#Cc1ccc(C=NOC(=O)c2ccccc2Cl)cc1. The number of halogens is 1. The zero-order valence-corrected chi connectivity index (χ0v) is 14.0. The van der Waals surface area contributed by atoms with Crippen LogP contribution in [0.2, 0.25) is 5.02 Å². The molecule has 0 spiro atoms. The van der Waals surface area contributed by atoms with Crippen LogP contribution in [0.25, 0.3) is 0 Å². The van der Waals surface area contributed by atoms with Crippen molar-refractivity contribution in [1.82, 2.24) is 0 Å². The van der Waals surface area contributed by atoms with Crippen LogP contribution in [-0.4, -0.2) is 22.9 Å². The molecule has 24 heavy (non-hydrogen) atoms. The predicted octanol–water partition coefficient (Wildman–Crippen LogP) is 3.65. The maximum atomic E-state index is 11.8. The quantitative estimate of drug-likeness (QED) is 0.401. The van der Waals surface area contributed by atoms with Crippen molar-refractivity contribution in [3.63, 3.8) is 0 Å². The molecule has 0 aliphatic heterocycles. The number of hydrogen-bond acceptors (Lipinski definition) is 4. The highest BCUT2D eigenvalue weighted by Gasteiger charge is 2.10. The van der Waals surface area contributed by atoms with Crippen LogP contribution in [-0.2, 0) is 4.84 Å². The standard InChI is InChI=1S/C19H16ClNO3/c1-19(2,23)12-11-14-7-9-15(10-8-14)13-21-24-18(22)16-5-3-4-6-17(16)20/h3-10,13,23H,1-2H3. The lowest BCUT2D eigenvalue weighted by molar-refractivity contribution is 0.0519. The van der Waals surface area contributed by atoms with Gasteiger partial charge >= 0.3 is 5.97 Å². The Kier molecular flexibility index (Phi) is 5.75. The number of aliphatic hydroxyl groups is 1. The molecule has 2 rings (SSSR count). The summed E-state index contributed by atoms with van der Waals surface area (Å²) in [4.78, 5) is 16.6. The van der Waals surface area contributed by atoms with Crippen molar-refractivity contribution in [2.45, 2.75) is 19.4 Å². The van der Waals surface area contributed by atoms with Crippen molar-refractivity contribution >= 4 is 23.8 Å². The highest BCUT2D eigenvalue weighted by atomic mass is 35.5. The monoisotopic (exact) mass is 341 g/mol. The van der Waals surface area contributed by atoms with Gasteiger partial charge in [0.15, 0.2) is 0 Å². The van der Waals surface area contributed by atoms with Gasteiger partial charge in [0.2, 0.25) is 0 Å². The minimum Gasteiger partial charge on any atom is -0.378 e. The van der Waals surface area contributed by atoms with E-state index in [1.165, 1.54) is 6.21 Å². The number of carbonyl (C=O) groups is 1. The molecule has 122 valence electrons. The molecule has 0 amide bonds. The van der Waals surface area contributed by atoms with Crippen LogP contribution in [0.3, 0.4) is 0 Å². The summed E-state index contributed by atoms with van der Waals surface area (Å²) in [5.41, 5.74) is 0.735. The van der Waals surface area contributed by atoms with Gasteiger partial charge in [0.1, 0.15) is 5.60 Å². The lowest BCUT2D eigenvalue weighted by atomic mass is 10.1. The molecule has 0 radical (unpaired) electrons. The number of oxime groups is 1. The van der Waals surface area contributed by atoms with E-state index in [0.717, 1.165) is 11.1 Å². The van der Waals surface area contributed by atoms with E-state index in [1.807, 2.05) is 0 Å². The second kappa shape index (κ2) is 7.78. The van der Waals surface area contributed by atoms with Crippen molar-refractivity contribution in [3.8, 4) is 11.8 Å². The van der Waals surface area contributed by atoms with Crippen molar-refractivity contribution in [1.29, 1.82) is 0 Å². The molecule has 1 N–H and O–H groups in total. The Labute approximate surface area is 145 Å². The largest absolute Gasteiger partial charge is 0.378 e. The average Bonchev–Trinajstić information content (AvgIpc) is 2.53. The van der Waals surface area contributed by atoms with Crippen LogP contribution >= 0.6 is 11.6 Å². The zero-order valence-electron chi connectivity index (χ0n) is 13.3. The molecular formula is C19H16ClNO3. The summed E-state index contributed by atoms with van der Waals surface area (Å²) in [7, 11) is 0. The molecule has 5 heteroatoms. The van der Waals surface area contributed by atoms with E-state index in [0.29, 0.717) is 5.02 Å². The molecule has 0 fully saturated rings. The van der Waals surface area contributed by atoms with Crippen LogP contribution in [0.15, 0.2) is 53.7 Å². The van der Waals surface area contributed by atoms with E-state index < -0.39 is 11.6 Å². The Morgan fingerprint density at radius 1 is 1.21 bits per heavy atom. The van der Waals surface area contributed by atoms with Gasteiger partial charge in [0.05, 0.1) is 16.8 Å². The summed E-state index contributed by atoms with van der Waals surface area (Å²) in [6.07, 6.45) is 1.42. The first kappa shape index (κ1) is 17.7. The third-order valence-electron chi connectivity index (χ3n) is 2.85. The maximum absolute atomic E-state index is 11.8. The summed E-state index contributed by atoms with van der Waals surface area (Å²) < 4.78 is 0. The number of benzene rings is 2. The third-order valence-corrected chi connectivity index (χ3v) is 3.18. The highest BCUT2D eigenvalue weighted by molar-refractivity contribution is 6.33. The van der Waals surface area contributed by atoms with Gasteiger partial charge in [0, 0.05) is 5.56 Å². The topological polar surface area (TPSA) is 58.9 Å². The second-order valence-corrected chi connectivity index (χ2v) is 5.93. The molecule has 2 aromatic rings. The summed E-state index contributed by atoms with van der Waals surface area (Å²) >= 11 is 5.91. The van der Waals surface area contributed by atoms with Crippen molar-refractivity contribution in [3.05, 3.63) is 70.2 Å². The predicted molar refractivity (Wildman–Crippen MR) is 94.1 cm³/mol. The summed E-state index contributed by atoms with van der Waals surface area (Å²) in [6, 6.07) is 13.7. The van der Waals surface area contributed by atoms with Gasteiger partial charge in [-0.2, -0.15) is 0 Å². The molecule has 0 aliphatic carbocycles. The molecule has 2 aromatic carbocycles. The van der Waals surface area contributed by atoms with Crippen molar-refractivity contribution in [2.24, 2.45) is 5.16 Å². The molecule has 0 unspecified atom stereocenters. The molecule has 0 aliphatic rings. The van der Waals surface area contributed by atoms with Gasteiger partial charge in [0.25, 0.3) is 0 Å². The first-order chi connectivity index (χ1) is 11.3. The molecule has 0 heterocycles. The van der Waals surface area contributed by atoms with E-state index in [-0.39, 0.29) is 5.56 Å². The van der Waals surface area contributed by atoms with E-state index in [2.05, 4.69) is 17.0 Å². The van der Waals surface area contributed by atoms with Crippen LogP contribution in [0, 0.1) is 11.8 Å². The number of rotatable bonds is 3. The third kappa shape index (κ3) is 5.54. The van der Waals surface area contributed by atoms with Gasteiger partial charge in [-0.1, -0.05) is 52.9 Å². The average molecular weight is 342 g/mol. The van der Waals surface area contributed by atoms with Crippen LogP contribution in [0.1, 0.15) is 35.3 Å². The Bertz CT molecular complexity index is 809. The van der Waals surface area contributed by atoms with E-state index in [4.69, 9.17) is 16.4 Å². The van der Waals surface area contributed by atoms with Crippen LogP contribution in [0.4, 0.5) is 0 Å². The zero-order chi connectivity index (χ0) is 17.6. The highest BCUT2D eigenvalue weighted by Crippen LogP contribution is 2.15. The van der Waals surface area contributed by atoms with Gasteiger partial charge < -0.3 is 9.94 Å². The molecule has 4 nitrogen and oxygen atoms in total. The first-order valence-corrected chi connectivity index (χ1v) is 7.58. The molecule has 0 saturated carbocycles. The molecule has 0 aromatic heterocycles. The van der Waals surface area contributed by atoms with Gasteiger partial charge in [-0.15, -0.1) is 0 Å². The fraction of sp³-hybridized carbons (Fsp3) is 0.158. The minimum absolute atomic E-state index is 0.258. The fourth-order valence-corrected chi connectivity index (χ4v) is 1.90. The van der Waals surface area contributed by atoms with E-state index in [9.17, 15) is 9.90 Å².